The summed E-state index contributed by atoms with van der Waals surface area (Å²) in [6, 6.07) is 13.1. The van der Waals surface area contributed by atoms with Crippen molar-refractivity contribution in [1.29, 1.82) is 0 Å². The molecule has 6 nitrogen and oxygen atoms in total. The monoisotopic (exact) mass is 340 g/mol. The molecular formula is C19H28N6. The summed E-state index contributed by atoms with van der Waals surface area (Å²) >= 11 is 0. The van der Waals surface area contributed by atoms with Crippen LogP contribution in [0.2, 0.25) is 0 Å². The first-order valence-electron chi connectivity index (χ1n) is 8.98. The molecule has 1 aliphatic rings. The third-order valence-corrected chi connectivity index (χ3v) is 4.81. The molecule has 0 bridgehead atoms. The van der Waals surface area contributed by atoms with Crippen molar-refractivity contribution < 1.29 is 0 Å². The smallest absolute Gasteiger partial charge is 0.191 e. The van der Waals surface area contributed by atoms with Crippen molar-refractivity contribution in [3.05, 3.63) is 53.9 Å². The highest BCUT2D eigenvalue weighted by molar-refractivity contribution is 5.79. The number of aromatic nitrogens is 2. The van der Waals surface area contributed by atoms with Gasteiger partial charge in [-0.3, -0.25) is 14.6 Å². The van der Waals surface area contributed by atoms with Crippen LogP contribution in [0, 0.1) is 0 Å². The van der Waals surface area contributed by atoms with Gasteiger partial charge in [-0.1, -0.05) is 30.3 Å². The Balaban J connectivity index is 1.60. The van der Waals surface area contributed by atoms with E-state index < -0.39 is 0 Å². The Kier molecular flexibility index (Phi) is 6.06. The summed E-state index contributed by atoms with van der Waals surface area (Å²) in [5.41, 5.74) is 2.49. The van der Waals surface area contributed by atoms with Crippen molar-refractivity contribution in [1.82, 2.24) is 25.3 Å². The topological polar surface area (TPSA) is 57.5 Å². The third kappa shape index (κ3) is 4.60. The van der Waals surface area contributed by atoms with Crippen LogP contribution < -0.4 is 10.6 Å². The molecule has 2 heterocycles. The normalized spacial score (nSPS) is 16.8. The van der Waals surface area contributed by atoms with Gasteiger partial charge in [0, 0.05) is 26.8 Å². The van der Waals surface area contributed by atoms with Crippen molar-refractivity contribution in [2.24, 2.45) is 12.0 Å². The van der Waals surface area contributed by atoms with Gasteiger partial charge in [-0.05, 0) is 37.6 Å². The Morgan fingerprint density at radius 3 is 2.56 bits per heavy atom. The highest BCUT2D eigenvalue weighted by Gasteiger charge is 2.23. The van der Waals surface area contributed by atoms with Crippen LogP contribution in [0.25, 0.3) is 0 Å². The molecule has 0 aliphatic carbocycles. The standard InChI is InChI=1S/C19H28N6/c1-20-19(21-14-17-10-11-23-24(17)2)22-15-18(25-12-6-7-13-25)16-8-4-3-5-9-16/h3-5,8-11,18H,6-7,12-15H2,1-2H3,(H2,20,21,22). The van der Waals surface area contributed by atoms with Gasteiger partial charge in [0.1, 0.15) is 0 Å². The number of nitrogens with zero attached hydrogens (tertiary/aromatic N) is 4. The van der Waals surface area contributed by atoms with E-state index in [1.54, 1.807) is 0 Å². The number of likely N-dealkylation sites (tertiary alicyclic amines) is 1. The second kappa shape index (κ2) is 8.67. The van der Waals surface area contributed by atoms with Gasteiger partial charge in [0.2, 0.25) is 0 Å². The van der Waals surface area contributed by atoms with Crippen LogP contribution in [0.3, 0.4) is 0 Å². The maximum atomic E-state index is 4.36. The minimum atomic E-state index is 0.374. The number of guanidine groups is 1. The summed E-state index contributed by atoms with van der Waals surface area (Å²) in [5, 5.41) is 11.1. The van der Waals surface area contributed by atoms with E-state index in [-0.39, 0.29) is 0 Å². The Bertz CT molecular complexity index is 672. The van der Waals surface area contributed by atoms with E-state index in [1.807, 2.05) is 31.0 Å². The summed E-state index contributed by atoms with van der Waals surface area (Å²) in [6.07, 6.45) is 4.39. The maximum Gasteiger partial charge on any atom is 0.191 e. The average Bonchev–Trinajstić information content (AvgIpc) is 3.31. The third-order valence-electron chi connectivity index (χ3n) is 4.81. The van der Waals surface area contributed by atoms with Crippen molar-refractivity contribution >= 4 is 5.96 Å². The number of hydrogen-bond acceptors (Lipinski definition) is 3. The molecule has 0 amide bonds. The minimum absolute atomic E-state index is 0.374. The first-order valence-corrected chi connectivity index (χ1v) is 8.98. The van der Waals surface area contributed by atoms with Crippen LogP contribution in [-0.2, 0) is 13.6 Å². The lowest BCUT2D eigenvalue weighted by molar-refractivity contribution is 0.245. The molecule has 0 saturated carbocycles. The number of hydrogen-bond donors (Lipinski definition) is 2. The zero-order chi connectivity index (χ0) is 17.5. The number of aryl methyl sites for hydroxylation is 1. The molecular weight excluding hydrogens is 312 g/mol. The molecule has 6 heteroatoms. The van der Waals surface area contributed by atoms with Crippen molar-refractivity contribution in [3.8, 4) is 0 Å². The maximum absolute atomic E-state index is 4.36. The SMILES string of the molecule is CN=C(NCc1ccnn1C)NCC(c1ccccc1)N1CCCC1. The quantitative estimate of drug-likeness (QED) is 0.623. The zero-order valence-electron chi connectivity index (χ0n) is 15.2. The molecule has 3 rings (SSSR count). The minimum Gasteiger partial charge on any atom is -0.354 e. The molecule has 1 fully saturated rings. The van der Waals surface area contributed by atoms with E-state index in [9.17, 15) is 0 Å². The van der Waals surface area contributed by atoms with Gasteiger partial charge in [0.25, 0.3) is 0 Å². The van der Waals surface area contributed by atoms with Crippen LogP contribution in [0.15, 0.2) is 47.6 Å². The predicted octanol–water partition coefficient (Wildman–Crippen LogP) is 1.92. The molecule has 1 aliphatic heterocycles. The van der Waals surface area contributed by atoms with E-state index in [0.29, 0.717) is 12.6 Å². The average molecular weight is 340 g/mol. The van der Waals surface area contributed by atoms with E-state index >= 15 is 0 Å². The molecule has 2 aromatic rings. The lowest BCUT2D eigenvalue weighted by atomic mass is 10.1. The largest absolute Gasteiger partial charge is 0.354 e. The number of rotatable bonds is 6. The van der Waals surface area contributed by atoms with Gasteiger partial charge in [-0.25, -0.2) is 0 Å². The molecule has 25 heavy (non-hydrogen) atoms. The van der Waals surface area contributed by atoms with E-state index in [4.69, 9.17) is 0 Å². The Morgan fingerprint density at radius 1 is 1.16 bits per heavy atom. The second-order valence-corrected chi connectivity index (χ2v) is 6.42. The van der Waals surface area contributed by atoms with Crippen LogP contribution >= 0.6 is 0 Å². The Morgan fingerprint density at radius 2 is 1.92 bits per heavy atom. The van der Waals surface area contributed by atoms with Gasteiger partial charge in [0.05, 0.1) is 18.3 Å². The lowest BCUT2D eigenvalue weighted by Crippen LogP contribution is -2.42. The van der Waals surface area contributed by atoms with E-state index in [1.165, 1.54) is 31.5 Å². The Labute approximate surface area is 149 Å². The van der Waals surface area contributed by atoms with Gasteiger partial charge in [-0.15, -0.1) is 0 Å². The van der Waals surface area contributed by atoms with Crippen molar-refractivity contribution in [2.75, 3.05) is 26.7 Å². The molecule has 1 unspecified atom stereocenters. The van der Waals surface area contributed by atoms with Gasteiger partial charge in [-0.2, -0.15) is 5.10 Å². The summed E-state index contributed by atoms with van der Waals surface area (Å²) in [6.45, 7) is 3.88. The van der Waals surface area contributed by atoms with Crippen LogP contribution in [0.1, 0.15) is 30.1 Å². The fraction of sp³-hybridized carbons (Fsp3) is 0.474. The van der Waals surface area contributed by atoms with Gasteiger partial charge >= 0.3 is 0 Å². The van der Waals surface area contributed by atoms with E-state index in [2.05, 4.69) is 56.0 Å². The molecule has 1 atom stereocenters. The highest BCUT2D eigenvalue weighted by Crippen LogP contribution is 2.24. The molecule has 134 valence electrons. The number of benzene rings is 1. The fourth-order valence-corrected chi connectivity index (χ4v) is 3.35. The van der Waals surface area contributed by atoms with Crippen LogP contribution in [0.4, 0.5) is 0 Å². The lowest BCUT2D eigenvalue weighted by Gasteiger charge is -2.29. The number of nitrogens with one attached hydrogen (secondary N) is 2. The first-order chi connectivity index (χ1) is 12.3. The molecule has 0 radical (unpaired) electrons. The zero-order valence-corrected chi connectivity index (χ0v) is 15.2. The fourth-order valence-electron chi connectivity index (χ4n) is 3.35. The molecule has 1 aromatic carbocycles. The van der Waals surface area contributed by atoms with E-state index in [0.717, 1.165) is 18.2 Å². The van der Waals surface area contributed by atoms with Gasteiger partial charge < -0.3 is 10.6 Å². The predicted molar refractivity (Wildman–Crippen MR) is 101 cm³/mol. The molecule has 0 spiro atoms. The van der Waals surface area contributed by atoms with Crippen LogP contribution in [0.5, 0.6) is 0 Å². The number of aliphatic imine (C=N–C) groups is 1. The second-order valence-electron chi connectivity index (χ2n) is 6.42. The molecule has 2 N–H and O–H groups in total. The summed E-state index contributed by atoms with van der Waals surface area (Å²) < 4.78 is 1.87. The highest BCUT2D eigenvalue weighted by atomic mass is 15.3. The summed E-state index contributed by atoms with van der Waals surface area (Å²) in [4.78, 5) is 6.92. The van der Waals surface area contributed by atoms with Gasteiger partial charge in [0.15, 0.2) is 5.96 Å². The first kappa shape index (κ1) is 17.5. The summed E-state index contributed by atoms with van der Waals surface area (Å²) in [5.74, 6) is 0.821. The molecule has 1 aromatic heterocycles. The van der Waals surface area contributed by atoms with Crippen LogP contribution in [-0.4, -0.2) is 47.3 Å². The molecule has 1 saturated heterocycles. The van der Waals surface area contributed by atoms with Crippen molar-refractivity contribution in [2.45, 2.75) is 25.4 Å². The Hall–Kier alpha value is -2.34. The van der Waals surface area contributed by atoms with Crippen molar-refractivity contribution in [3.63, 3.8) is 0 Å². The summed E-state index contributed by atoms with van der Waals surface area (Å²) in [7, 11) is 3.76.